The van der Waals surface area contributed by atoms with Crippen LogP contribution in [-0.4, -0.2) is 59.0 Å². The predicted octanol–water partition coefficient (Wildman–Crippen LogP) is 2.73. The van der Waals surface area contributed by atoms with Gasteiger partial charge in [0.2, 0.25) is 5.88 Å². The van der Waals surface area contributed by atoms with Gasteiger partial charge < -0.3 is 19.1 Å². The van der Waals surface area contributed by atoms with Crippen LogP contribution in [0.15, 0.2) is 24.4 Å². The average molecular weight is 402 g/mol. The summed E-state index contributed by atoms with van der Waals surface area (Å²) in [4.78, 5) is 19.1. The monoisotopic (exact) mass is 402 g/mol. The third-order valence-corrected chi connectivity index (χ3v) is 5.72. The number of aryl methyl sites for hydroxylation is 1. The van der Waals surface area contributed by atoms with E-state index in [0.717, 1.165) is 28.8 Å². The van der Waals surface area contributed by atoms with Gasteiger partial charge in [-0.05, 0) is 12.1 Å². The Hall–Kier alpha value is -2.81. The van der Waals surface area contributed by atoms with Crippen molar-refractivity contribution in [2.75, 3.05) is 27.3 Å². The van der Waals surface area contributed by atoms with Crippen molar-refractivity contribution in [1.82, 2.24) is 19.7 Å². The van der Waals surface area contributed by atoms with E-state index < -0.39 is 0 Å². The highest BCUT2D eigenvalue weighted by molar-refractivity contribution is 7.20. The standard InChI is InChI=1S/C19H22N4O4S/c1-22-11-14(17(21-22)26-3)18(24)23-8-6-12(7-9-23)27-19-20-15-10-13(25-2)4-5-16(15)28-19/h4-5,10-12H,6-9H2,1-3H3. The second-order valence-electron chi connectivity index (χ2n) is 6.65. The molecule has 0 atom stereocenters. The smallest absolute Gasteiger partial charge is 0.274 e. The normalized spacial score (nSPS) is 15.0. The number of nitrogens with zero attached hydrogens (tertiary/aromatic N) is 4. The summed E-state index contributed by atoms with van der Waals surface area (Å²) in [6.07, 6.45) is 3.25. The lowest BCUT2D eigenvalue weighted by Crippen LogP contribution is -2.41. The van der Waals surface area contributed by atoms with Gasteiger partial charge in [0.15, 0.2) is 0 Å². The van der Waals surface area contributed by atoms with E-state index in [0.29, 0.717) is 29.7 Å². The number of amides is 1. The summed E-state index contributed by atoms with van der Waals surface area (Å²) in [5, 5.41) is 4.81. The Morgan fingerprint density at radius 2 is 2.00 bits per heavy atom. The van der Waals surface area contributed by atoms with E-state index in [2.05, 4.69) is 10.1 Å². The van der Waals surface area contributed by atoms with Crippen molar-refractivity contribution < 1.29 is 19.0 Å². The first-order chi connectivity index (χ1) is 13.6. The van der Waals surface area contributed by atoms with Crippen LogP contribution in [0.2, 0.25) is 0 Å². The molecule has 3 aromatic rings. The van der Waals surface area contributed by atoms with Gasteiger partial charge in [0.05, 0.1) is 24.4 Å². The maximum Gasteiger partial charge on any atom is 0.274 e. The Morgan fingerprint density at radius 3 is 2.71 bits per heavy atom. The molecule has 1 aliphatic rings. The molecule has 4 rings (SSSR count). The van der Waals surface area contributed by atoms with Gasteiger partial charge in [0.25, 0.3) is 11.1 Å². The van der Waals surface area contributed by atoms with Crippen molar-refractivity contribution in [1.29, 1.82) is 0 Å². The van der Waals surface area contributed by atoms with Crippen LogP contribution in [0.1, 0.15) is 23.2 Å². The fourth-order valence-electron chi connectivity index (χ4n) is 3.32. The first-order valence-corrected chi connectivity index (χ1v) is 9.87. The number of fused-ring (bicyclic) bond motifs is 1. The number of piperidine rings is 1. The molecule has 148 valence electrons. The van der Waals surface area contributed by atoms with Gasteiger partial charge in [-0.2, -0.15) is 0 Å². The summed E-state index contributed by atoms with van der Waals surface area (Å²) in [6, 6.07) is 5.81. The van der Waals surface area contributed by atoms with Gasteiger partial charge in [-0.1, -0.05) is 11.3 Å². The largest absolute Gasteiger partial charge is 0.497 e. The fraction of sp³-hybridized carbons (Fsp3) is 0.421. The second kappa shape index (κ2) is 7.67. The molecule has 1 fully saturated rings. The maximum atomic E-state index is 12.8. The van der Waals surface area contributed by atoms with Crippen molar-refractivity contribution >= 4 is 27.5 Å². The predicted molar refractivity (Wildman–Crippen MR) is 105 cm³/mol. The molecule has 1 amide bonds. The molecule has 0 bridgehead atoms. The fourth-order valence-corrected chi connectivity index (χ4v) is 4.18. The van der Waals surface area contributed by atoms with Gasteiger partial charge in [-0.15, -0.1) is 5.10 Å². The topological polar surface area (TPSA) is 78.7 Å². The van der Waals surface area contributed by atoms with Crippen LogP contribution in [0, 0.1) is 0 Å². The summed E-state index contributed by atoms with van der Waals surface area (Å²) in [5.74, 6) is 1.08. The van der Waals surface area contributed by atoms with E-state index in [1.54, 1.807) is 25.0 Å². The van der Waals surface area contributed by atoms with E-state index in [9.17, 15) is 4.79 Å². The summed E-state index contributed by atoms with van der Waals surface area (Å²) in [5.41, 5.74) is 1.36. The summed E-state index contributed by atoms with van der Waals surface area (Å²) < 4.78 is 19.2. The Kier molecular flexibility index (Phi) is 5.08. The van der Waals surface area contributed by atoms with Crippen molar-refractivity contribution in [2.45, 2.75) is 18.9 Å². The number of hydrogen-bond acceptors (Lipinski definition) is 7. The lowest BCUT2D eigenvalue weighted by molar-refractivity contribution is 0.0592. The molecule has 1 aromatic carbocycles. The number of methoxy groups -OCH3 is 2. The summed E-state index contributed by atoms with van der Waals surface area (Å²) >= 11 is 1.52. The molecule has 0 radical (unpaired) electrons. The molecule has 0 unspecified atom stereocenters. The first kappa shape index (κ1) is 18.5. The van der Waals surface area contributed by atoms with E-state index in [-0.39, 0.29) is 12.0 Å². The summed E-state index contributed by atoms with van der Waals surface area (Å²) in [7, 11) is 4.93. The number of likely N-dealkylation sites (tertiary alicyclic amines) is 1. The first-order valence-electron chi connectivity index (χ1n) is 9.05. The molecule has 0 spiro atoms. The van der Waals surface area contributed by atoms with Gasteiger partial charge in [0.1, 0.15) is 17.4 Å². The Labute approximate surface area is 166 Å². The molecule has 0 aliphatic carbocycles. The highest BCUT2D eigenvalue weighted by atomic mass is 32.1. The minimum Gasteiger partial charge on any atom is -0.497 e. The zero-order chi connectivity index (χ0) is 19.7. The van der Waals surface area contributed by atoms with Crippen molar-refractivity contribution in [3.8, 4) is 16.8 Å². The molecule has 28 heavy (non-hydrogen) atoms. The second-order valence-corrected chi connectivity index (χ2v) is 7.64. The number of hydrogen-bond donors (Lipinski definition) is 0. The van der Waals surface area contributed by atoms with E-state index in [4.69, 9.17) is 14.2 Å². The van der Waals surface area contributed by atoms with Gasteiger partial charge in [0, 0.05) is 45.2 Å². The average Bonchev–Trinajstić information content (AvgIpc) is 3.29. The zero-order valence-corrected chi connectivity index (χ0v) is 16.9. The van der Waals surface area contributed by atoms with Crippen LogP contribution in [0.25, 0.3) is 10.2 Å². The van der Waals surface area contributed by atoms with Crippen LogP contribution in [0.3, 0.4) is 0 Å². The minimum atomic E-state index is -0.0597. The van der Waals surface area contributed by atoms with Crippen LogP contribution >= 0.6 is 11.3 Å². The maximum absolute atomic E-state index is 12.8. The van der Waals surface area contributed by atoms with E-state index >= 15 is 0 Å². The minimum absolute atomic E-state index is 0.0438. The number of thiazole rings is 1. The number of rotatable bonds is 5. The number of aromatic nitrogens is 3. The van der Waals surface area contributed by atoms with Crippen LogP contribution in [0.4, 0.5) is 0 Å². The Balaban J connectivity index is 1.38. The van der Waals surface area contributed by atoms with E-state index in [1.165, 1.54) is 18.4 Å². The van der Waals surface area contributed by atoms with Gasteiger partial charge >= 0.3 is 0 Å². The Bertz CT molecular complexity index is 991. The lowest BCUT2D eigenvalue weighted by Gasteiger charge is -2.31. The van der Waals surface area contributed by atoms with Crippen molar-refractivity contribution in [3.63, 3.8) is 0 Å². The van der Waals surface area contributed by atoms with Gasteiger partial charge in [-0.25, -0.2) is 4.98 Å². The number of carbonyl (C=O) groups is 1. The van der Waals surface area contributed by atoms with Crippen molar-refractivity contribution in [3.05, 3.63) is 30.0 Å². The molecule has 0 saturated carbocycles. The highest BCUT2D eigenvalue weighted by Crippen LogP contribution is 2.32. The molecule has 1 saturated heterocycles. The Morgan fingerprint density at radius 1 is 1.21 bits per heavy atom. The highest BCUT2D eigenvalue weighted by Gasteiger charge is 2.28. The molecule has 3 heterocycles. The lowest BCUT2D eigenvalue weighted by atomic mass is 10.1. The van der Waals surface area contributed by atoms with Gasteiger partial charge in [-0.3, -0.25) is 9.48 Å². The van der Waals surface area contributed by atoms with Crippen LogP contribution < -0.4 is 14.2 Å². The molecule has 1 aliphatic heterocycles. The third-order valence-electron chi connectivity index (χ3n) is 4.79. The third kappa shape index (κ3) is 3.62. The molecular formula is C19H22N4O4S. The molecular weight excluding hydrogens is 380 g/mol. The van der Waals surface area contributed by atoms with Crippen molar-refractivity contribution in [2.24, 2.45) is 7.05 Å². The number of benzene rings is 1. The zero-order valence-electron chi connectivity index (χ0n) is 16.0. The van der Waals surface area contributed by atoms with Crippen LogP contribution in [0.5, 0.6) is 16.8 Å². The molecule has 0 N–H and O–H groups in total. The summed E-state index contributed by atoms with van der Waals surface area (Å²) in [6.45, 7) is 1.25. The van der Waals surface area contributed by atoms with E-state index in [1.807, 2.05) is 23.1 Å². The molecule has 2 aromatic heterocycles. The quantitative estimate of drug-likeness (QED) is 0.653. The molecule has 9 heteroatoms. The van der Waals surface area contributed by atoms with Crippen LogP contribution in [-0.2, 0) is 7.05 Å². The molecule has 8 nitrogen and oxygen atoms in total. The number of carbonyl (C=O) groups excluding carboxylic acids is 1. The SMILES string of the molecule is COc1ccc2sc(OC3CCN(C(=O)c4cn(C)nc4OC)CC3)nc2c1. The number of ether oxygens (including phenoxy) is 3.